The van der Waals surface area contributed by atoms with Gasteiger partial charge in [0.15, 0.2) is 17.5 Å². The summed E-state index contributed by atoms with van der Waals surface area (Å²) in [5.41, 5.74) is 3.92. The van der Waals surface area contributed by atoms with Gasteiger partial charge in [0.05, 0.1) is 16.4 Å². The van der Waals surface area contributed by atoms with Crippen LogP contribution in [0.3, 0.4) is 0 Å². The fourth-order valence-electron chi connectivity index (χ4n) is 4.27. The second-order valence-electron chi connectivity index (χ2n) is 7.50. The Bertz CT molecular complexity index is 1230. The van der Waals surface area contributed by atoms with Crippen LogP contribution >= 0.6 is 11.3 Å². The zero-order valence-corrected chi connectivity index (χ0v) is 16.8. The first-order valence-electron chi connectivity index (χ1n) is 9.80. The number of anilines is 2. The zero-order valence-electron chi connectivity index (χ0n) is 16.0. The lowest BCUT2D eigenvalue weighted by atomic mass is 9.89. The molecule has 1 aliphatic carbocycles. The molecule has 4 aromatic rings. The van der Waals surface area contributed by atoms with Crippen molar-refractivity contribution in [2.75, 3.05) is 23.8 Å². The molecule has 0 spiro atoms. The number of benzene rings is 1. The van der Waals surface area contributed by atoms with Gasteiger partial charge in [-0.3, -0.25) is 0 Å². The molecule has 6 rings (SSSR count). The maximum absolute atomic E-state index is 5.94. The van der Waals surface area contributed by atoms with E-state index in [1.165, 1.54) is 22.0 Å². The van der Waals surface area contributed by atoms with E-state index in [0.717, 1.165) is 40.9 Å². The van der Waals surface area contributed by atoms with Crippen LogP contribution in [0, 0.1) is 6.92 Å². The van der Waals surface area contributed by atoms with E-state index in [2.05, 4.69) is 50.0 Å². The molecule has 29 heavy (non-hydrogen) atoms. The van der Waals surface area contributed by atoms with Gasteiger partial charge in [0, 0.05) is 29.3 Å². The van der Waals surface area contributed by atoms with E-state index in [0.29, 0.717) is 18.2 Å². The van der Waals surface area contributed by atoms with Crippen LogP contribution in [0.1, 0.15) is 16.1 Å². The van der Waals surface area contributed by atoms with Gasteiger partial charge in [-0.1, -0.05) is 12.1 Å². The summed E-state index contributed by atoms with van der Waals surface area (Å²) < 4.78 is 5.94. The highest BCUT2D eigenvalue weighted by Gasteiger charge is 2.26. The van der Waals surface area contributed by atoms with E-state index in [-0.39, 0.29) is 6.04 Å². The van der Waals surface area contributed by atoms with Crippen LogP contribution in [0.15, 0.2) is 30.6 Å². The number of ether oxygens (including phenoxy) is 1. The van der Waals surface area contributed by atoms with E-state index in [1.807, 2.05) is 13.1 Å². The van der Waals surface area contributed by atoms with Gasteiger partial charge in [0.25, 0.3) is 0 Å². The van der Waals surface area contributed by atoms with Crippen molar-refractivity contribution in [3.05, 3.63) is 46.7 Å². The summed E-state index contributed by atoms with van der Waals surface area (Å²) in [7, 11) is 0. The molecule has 4 heterocycles. The van der Waals surface area contributed by atoms with Gasteiger partial charge in [-0.05, 0) is 37.0 Å². The van der Waals surface area contributed by atoms with E-state index in [4.69, 9.17) is 9.72 Å². The molecule has 0 saturated carbocycles. The SMILES string of the molecule is Cc1ncc(-c2nc3c(c(NC4Cc5cccc6[nH]cc(c56)C4)n2)OCCN3)s1. The smallest absolute Gasteiger partial charge is 0.204 e. The molecule has 7 nitrogen and oxygen atoms in total. The monoisotopic (exact) mass is 404 g/mol. The number of hydrogen-bond acceptors (Lipinski definition) is 7. The van der Waals surface area contributed by atoms with Crippen molar-refractivity contribution in [2.45, 2.75) is 25.8 Å². The van der Waals surface area contributed by atoms with E-state index in [1.54, 1.807) is 11.3 Å². The van der Waals surface area contributed by atoms with Gasteiger partial charge < -0.3 is 20.4 Å². The van der Waals surface area contributed by atoms with Gasteiger partial charge in [0.2, 0.25) is 5.75 Å². The number of thiazole rings is 1. The maximum Gasteiger partial charge on any atom is 0.204 e. The molecule has 0 radical (unpaired) electrons. The molecular weight excluding hydrogens is 384 g/mol. The largest absolute Gasteiger partial charge is 0.485 e. The normalized spacial score (nSPS) is 17.5. The van der Waals surface area contributed by atoms with Crippen LogP contribution in [0.4, 0.5) is 11.6 Å². The predicted molar refractivity (Wildman–Crippen MR) is 115 cm³/mol. The van der Waals surface area contributed by atoms with Crippen molar-refractivity contribution < 1.29 is 4.74 Å². The fourth-order valence-corrected chi connectivity index (χ4v) is 4.98. The number of hydrogen-bond donors (Lipinski definition) is 3. The molecule has 0 fully saturated rings. The third-order valence-corrected chi connectivity index (χ3v) is 6.40. The second-order valence-corrected chi connectivity index (χ2v) is 8.73. The van der Waals surface area contributed by atoms with Crippen molar-refractivity contribution in [2.24, 2.45) is 0 Å². The number of nitrogens with one attached hydrogen (secondary N) is 3. The molecule has 0 saturated heterocycles. The molecule has 1 atom stereocenters. The minimum atomic E-state index is 0.240. The van der Waals surface area contributed by atoms with Crippen molar-refractivity contribution >= 4 is 33.9 Å². The number of aromatic nitrogens is 4. The van der Waals surface area contributed by atoms with Crippen molar-refractivity contribution in [1.82, 2.24) is 19.9 Å². The number of nitrogens with zero attached hydrogens (tertiary/aromatic N) is 3. The van der Waals surface area contributed by atoms with Crippen molar-refractivity contribution in [3.8, 4) is 16.5 Å². The van der Waals surface area contributed by atoms with Gasteiger partial charge in [-0.25, -0.2) is 15.0 Å². The van der Waals surface area contributed by atoms with Gasteiger partial charge >= 0.3 is 0 Å². The van der Waals surface area contributed by atoms with Gasteiger partial charge in [0.1, 0.15) is 6.61 Å². The number of H-pyrrole nitrogens is 1. The first kappa shape index (κ1) is 16.8. The van der Waals surface area contributed by atoms with E-state index < -0.39 is 0 Å². The average molecular weight is 404 g/mol. The molecule has 0 amide bonds. The predicted octanol–water partition coefficient (Wildman–Crippen LogP) is 3.77. The van der Waals surface area contributed by atoms with Crippen LogP contribution in [0.25, 0.3) is 21.6 Å². The van der Waals surface area contributed by atoms with Gasteiger partial charge in [-0.15, -0.1) is 11.3 Å². The number of fused-ring (bicyclic) bond motifs is 1. The lowest BCUT2D eigenvalue weighted by molar-refractivity contribution is 0.321. The Kier molecular flexibility index (Phi) is 3.73. The Balaban J connectivity index is 1.37. The Labute approximate surface area is 171 Å². The maximum atomic E-state index is 5.94. The fraction of sp³-hybridized carbons (Fsp3) is 0.286. The first-order chi connectivity index (χ1) is 14.2. The van der Waals surface area contributed by atoms with Crippen LogP contribution in [0.5, 0.6) is 5.75 Å². The molecule has 146 valence electrons. The molecule has 1 unspecified atom stereocenters. The Hall–Kier alpha value is -3.13. The quantitative estimate of drug-likeness (QED) is 0.482. The molecular formula is C21H20N6OS. The second kappa shape index (κ2) is 6.45. The summed E-state index contributed by atoms with van der Waals surface area (Å²) in [6.45, 7) is 3.34. The summed E-state index contributed by atoms with van der Waals surface area (Å²) in [6.07, 6.45) is 5.85. The van der Waals surface area contributed by atoms with Crippen molar-refractivity contribution in [1.29, 1.82) is 0 Å². The Morgan fingerprint density at radius 1 is 1.21 bits per heavy atom. The van der Waals surface area contributed by atoms with E-state index >= 15 is 0 Å². The summed E-state index contributed by atoms with van der Waals surface area (Å²) in [6, 6.07) is 6.71. The minimum Gasteiger partial charge on any atom is -0.485 e. The molecule has 0 bridgehead atoms. The summed E-state index contributed by atoms with van der Waals surface area (Å²) in [5.74, 6) is 2.88. The molecule has 1 aliphatic heterocycles. The molecule has 2 aliphatic rings. The highest BCUT2D eigenvalue weighted by molar-refractivity contribution is 7.14. The molecule has 3 aromatic heterocycles. The Morgan fingerprint density at radius 2 is 2.14 bits per heavy atom. The standard InChI is InChI=1S/C21H20N6OS/c1-11-23-10-16(29-11)19-26-20-18(28-6-5-22-20)21(27-19)25-14-7-12-3-2-4-15-17(12)13(8-14)9-24-15/h2-4,9-10,14,24H,5-8H2,1H3,(H2,22,25,26,27). The van der Waals surface area contributed by atoms with Crippen LogP contribution in [-0.2, 0) is 12.8 Å². The number of aryl methyl sites for hydroxylation is 1. The summed E-state index contributed by atoms with van der Waals surface area (Å²) in [4.78, 5) is 18.2. The van der Waals surface area contributed by atoms with Crippen molar-refractivity contribution in [3.63, 3.8) is 0 Å². The highest BCUT2D eigenvalue weighted by Crippen LogP contribution is 2.38. The third-order valence-electron chi connectivity index (χ3n) is 5.50. The molecule has 8 heteroatoms. The average Bonchev–Trinajstić information content (AvgIpc) is 3.36. The first-order valence-corrected chi connectivity index (χ1v) is 10.6. The van der Waals surface area contributed by atoms with Crippen LogP contribution < -0.4 is 15.4 Å². The lowest BCUT2D eigenvalue weighted by Gasteiger charge is -2.27. The summed E-state index contributed by atoms with van der Waals surface area (Å²) in [5, 5.41) is 9.37. The number of aromatic amines is 1. The minimum absolute atomic E-state index is 0.240. The third kappa shape index (κ3) is 2.82. The highest BCUT2D eigenvalue weighted by atomic mass is 32.1. The Morgan fingerprint density at radius 3 is 3.03 bits per heavy atom. The van der Waals surface area contributed by atoms with Gasteiger partial charge in [-0.2, -0.15) is 0 Å². The topological polar surface area (TPSA) is 87.8 Å². The number of rotatable bonds is 3. The molecule has 1 aromatic carbocycles. The van der Waals surface area contributed by atoms with Crippen LogP contribution in [-0.4, -0.2) is 39.1 Å². The summed E-state index contributed by atoms with van der Waals surface area (Å²) >= 11 is 1.60. The lowest BCUT2D eigenvalue weighted by Crippen LogP contribution is -2.29. The molecule has 3 N–H and O–H groups in total. The van der Waals surface area contributed by atoms with Crippen LogP contribution in [0.2, 0.25) is 0 Å². The van der Waals surface area contributed by atoms with E-state index in [9.17, 15) is 0 Å². The zero-order chi connectivity index (χ0) is 19.4.